The number of hydrogen-bond donors (Lipinski definition) is 1. The Bertz CT molecular complexity index is 819. The number of ether oxygens (including phenoxy) is 2. The predicted octanol–water partition coefficient (Wildman–Crippen LogP) is 4.42. The number of esters is 2. The van der Waals surface area contributed by atoms with Crippen LogP contribution < -0.4 is 0 Å². The standard InChI is InChI=1S/C26H38O5/c1-15-11-22-21(6-5-18-13-19(31-16(2)27)7-9-24(18,22)3)26(29)10-8-20(25(15,26)4)17-12-23(28)30-14-17/h12,15,18-22,29H,5-11,13-14H2,1-4H3/t15-,18-,19?,20-,21?,22?,24+,25-,26+/m1/s1. The monoisotopic (exact) mass is 430 g/mol. The Balaban J connectivity index is 1.44. The van der Waals surface area contributed by atoms with Gasteiger partial charge in [0.2, 0.25) is 0 Å². The van der Waals surface area contributed by atoms with E-state index in [0.717, 1.165) is 56.9 Å². The second-order valence-electron chi connectivity index (χ2n) is 11.8. The molecule has 5 aliphatic rings. The van der Waals surface area contributed by atoms with Crippen LogP contribution >= 0.6 is 0 Å². The Morgan fingerprint density at radius 1 is 1.13 bits per heavy atom. The summed E-state index contributed by atoms with van der Waals surface area (Å²) in [4.78, 5) is 23.3. The molecule has 31 heavy (non-hydrogen) atoms. The molecular weight excluding hydrogens is 392 g/mol. The Hall–Kier alpha value is -1.36. The molecule has 1 N–H and O–H groups in total. The van der Waals surface area contributed by atoms with Crippen LogP contribution in [0, 0.1) is 40.4 Å². The van der Waals surface area contributed by atoms with E-state index in [9.17, 15) is 14.7 Å². The molecule has 5 rings (SSSR count). The second kappa shape index (κ2) is 7.07. The first kappa shape index (κ1) is 21.5. The number of fused-ring (bicyclic) bond motifs is 5. The lowest BCUT2D eigenvalue weighted by Gasteiger charge is -2.65. The normalized spacial score (nSPS) is 51.3. The van der Waals surface area contributed by atoms with E-state index in [-0.39, 0.29) is 34.8 Å². The SMILES string of the molecule is CC(=O)OC1CC[C@]2(C)C3C[C@@H](C)[C@]4(C)[C@@H](C5=CC(=O)OC5)CC[C@]4(O)C3CC[C@@H]2C1. The van der Waals surface area contributed by atoms with Crippen LogP contribution in [0.5, 0.6) is 0 Å². The Morgan fingerprint density at radius 3 is 2.58 bits per heavy atom. The number of rotatable bonds is 2. The van der Waals surface area contributed by atoms with Crippen LogP contribution in [-0.4, -0.2) is 35.4 Å². The van der Waals surface area contributed by atoms with Crippen molar-refractivity contribution in [3.05, 3.63) is 11.6 Å². The fourth-order valence-electron chi connectivity index (χ4n) is 9.08. The molecule has 4 fully saturated rings. The van der Waals surface area contributed by atoms with Crippen LogP contribution in [0.1, 0.15) is 79.1 Å². The van der Waals surface area contributed by atoms with E-state index >= 15 is 0 Å². The van der Waals surface area contributed by atoms with Crippen molar-refractivity contribution in [2.75, 3.05) is 6.61 Å². The first-order chi connectivity index (χ1) is 14.6. The smallest absolute Gasteiger partial charge is 0.331 e. The molecule has 9 atom stereocenters. The topological polar surface area (TPSA) is 72.8 Å². The van der Waals surface area contributed by atoms with Crippen molar-refractivity contribution in [1.82, 2.24) is 0 Å². The van der Waals surface area contributed by atoms with Crippen molar-refractivity contribution in [3.8, 4) is 0 Å². The third kappa shape index (κ3) is 2.91. The quantitative estimate of drug-likeness (QED) is 0.657. The maximum Gasteiger partial charge on any atom is 0.331 e. The molecule has 1 heterocycles. The first-order valence-electron chi connectivity index (χ1n) is 12.4. The van der Waals surface area contributed by atoms with Crippen LogP contribution in [-0.2, 0) is 19.1 Å². The van der Waals surface area contributed by atoms with Crippen LogP contribution in [0.25, 0.3) is 0 Å². The highest BCUT2D eigenvalue weighted by molar-refractivity contribution is 5.85. The number of carbonyl (C=O) groups is 2. The van der Waals surface area contributed by atoms with Crippen molar-refractivity contribution >= 4 is 11.9 Å². The van der Waals surface area contributed by atoms with Gasteiger partial charge in [-0.3, -0.25) is 4.79 Å². The number of cyclic esters (lactones) is 1. The lowest BCUT2D eigenvalue weighted by Crippen LogP contribution is -2.65. The third-order valence-electron chi connectivity index (χ3n) is 10.8. The van der Waals surface area contributed by atoms with Gasteiger partial charge in [0, 0.05) is 18.4 Å². The molecule has 0 bridgehead atoms. The molecule has 4 saturated carbocycles. The summed E-state index contributed by atoms with van der Waals surface area (Å²) < 4.78 is 10.8. The zero-order valence-corrected chi connectivity index (χ0v) is 19.5. The van der Waals surface area contributed by atoms with Crippen LogP contribution in [0.4, 0.5) is 0 Å². The first-order valence-corrected chi connectivity index (χ1v) is 12.4. The molecule has 0 amide bonds. The summed E-state index contributed by atoms with van der Waals surface area (Å²) in [6, 6.07) is 0. The number of hydrogen-bond acceptors (Lipinski definition) is 5. The van der Waals surface area contributed by atoms with Crippen LogP contribution in [0.2, 0.25) is 0 Å². The minimum atomic E-state index is -0.687. The minimum absolute atomic E-state index is 0.0594. The van der Waals surface area contributed by atoms with Crippen LogP contribution in [0.15, 0.2) is 11.6 Å². The van der Waals surface area contributed by atoms with Gasteiger partial charge in [-0.1, -0.05) is 20.8 Å². The van der Waals surface area contributed by atoms with Crippen molar-refractivity contribution in [3.63, 3.8) is 0 Å². The average Bonchev–Trinajstić information content (AvgIpc) is 3.24. The predicted molar refractivity (Wildman–Crippen MR) is 116 cm³/mol. The van der Waals surface area contributed by atoms with Gasteiger partial charge in [0.1, 0.15) is 12.7 Å². The molecule has 4 aliphatic carbocycles. The van der Waals surface area contributed by atoms with E-state index in [1.165, 1.54) is 6.92 Å². The molecule has 5 heteroatoms. The van der Waals surface area contributed by atoms with Crippen LogP contribution in [0.3, 0.4) is 0 Å². The Kier molecular flexibility index (Phi) is 4.90. The highest BCUT2D eigenvalue weighted by atomic mass is 16.5. The second-order valence-corrected chi connectivity index (χ2v) is 11.8. The summed E-state index contributed by atoms with van der Waals surface area (Å²) in [6.45, 7) is 8.98. The zero-order chi connectivity index (χ0) is 22.2. The summed E-state index contributed by atoms with van der Waals surface area (Å²) in [5, 5.41) is 12.4. The van der Waals surface area contributed by atoms with Gasteiger partial charge in [-0.2, -0.15) is 0 Å². The highest BCUT2D eigenvalue weighted by Crippen LogP contribution is 2.71. The molecular formula is C26H38O5. The van der Waals surface area contributed by atoms with Crippen molar-refractivity contribution in [2.45, 2.75) is 90.8 Å². The van der Waals surface area contributed by atoms with Crippen molar-refractivity contribution in [2.24, 2.45) is 40.4 Å². The lowest BCUT2D eigenvalue weighted by molar-refractivity contribution is -0.228. The molecule has 0 radical (unpaired) electrons. The van der Waals surface area contributed by atoms with Crippen molar-refractivity contribution in [1.29, 1.82) is 0 Å². The molecule has 0 saturated heterocycles. The van der Waals surface area contributed by atoms with Crippen molar-refractivity contribution < 1.29 is 24.2 Å². The van der Waals surface area contributed by atoms with Gasteiger partial charge in [0.05, 0.1) is 5.60 Å². The molecule has 0 spiro atoms. The summed E-state index contributed by atoms with van der Waals surface area (Å²) in [5.74, 6) is 1.59. The molecule has 0 aromatic carbocycles. The largest absolute Gasteiger partial charge is 0.463 e. The summed E-state index contributed by atoms with van der Waals surface area (Å²) in [6.07, 6.45) is 9.79. The lowest BCUT2D eigenvalue weighted by atomic mass is 9.41. The highest BCUT2D eigenvalue weighted by Gasteiger charge is 2.69. The van der Waals surface area contributed by atoms with E-state index in [0.29, 0.717) is 30.3 Å². The van der Waals surface area contributed by atoms with Gasteiger partial charge < -0.3 is 14.6 Å². The van der Waals surface area contributed by atoms with Gasteiger partial charge in [0.25, 0.3) is 0 Å². The molecule has 3 unspecified atom stereocenters. The molecule has 5 nitrogen and oxygen atoms in total. The van der Waals surface area contributed by atoms with E-state index in [1.807, 2.05) is 0 Å². The molecule has 1 aliphatic heterocycles. The van der Waals surface area contributed by atoms with Gasteiger partial charge in [-0.15, -0.1) is 0 Å². The van der Waals surface area contributed by atoms with Gasteiger partial charge in [-0.25, -0.2) is 4.79 Å². The molecule has 0 aromatic rings. The fourth-order valence-corrected chi connectivity index (χ4v) is 9.08. The van der Waals surface area contributed by atoms with E-state index in [4.69, 9.17) is 9.47 Å². The van der Waals surface area contributed by atoms with E-state index in [2.05, 4.69) is 20.8 Å². The Labute approximate surface area is 185 Å². The molecule has 0 aromatic heterocycles. The van der Waals surface area contributed by atoms with E-state index in [1.54, 1.807) is 6.08 Å². The maximum atomic E-state index is 12.4. The number of carbonyl (C=O) groups excluding carboxylic acids is 2. The fraction of sp³-hybridized carbons (Fsp3) is 0.846. The summed E-state index contributed by atoms with van der Waals surface area (Å²) in [5.41, 5.74) is 0.393. The maximum absolute atomic E-state index is 12.4. The number of aliphatic hydroxyl groups is 1. The van der Waals surface area contributed by atoms with E-state index < -0.39 is 5.60 Å². The summed E-state index contributed by atoms with van der Waals surface area (Å²) >= 11 is 0. The van der Waals surface area contributed by atoms with Gasteiger partial charge >= 0.3 is 11.9 Å². The minimum Gasteiger partial charge on any atom is -0.463 e. The zero-order valence-electron chi connectivity index (χ0n) is 19.5. The van der Waals surface area contributed by atoms with Gasteiger partial charge in [-0.05, 0) is 91.9 Å². The third-order valence-corrected chi connectivity index (χ3v) is 10.8. The Morgan fingerprint density at radius 2 is 1.90 bits per heavy atom. The summed E-state index contributed by atoms with van der Waals surface area (Å²) in [7, 11) is 0. The average molecular weight is 431 g/mol. The molecule has 172 valence electrons. The van der Waals surface area contributed by atoms with Gasteiger partial charge in [0.15, 0.2) is 0 Å².